The van der Waals surface area contributed by atoms with E-state index in [1.165, 1.54) is 17.5 Å². The van der Waals surface area contributed by atoms with Gasteiger partial charge in [0.05, 0.1) is 13.0 Å². The maximum Gasteiger partial charge on any atom is 0.232 e. The SMILES string of the molecule is COc1cccc2c1C[C@H]1C[C@H](C(C)N3CCC(NC(=O)C(c4ccccc4)c4ccccc4)CC3)CN[C@@H]1C2. The molecular weight excluding hydrogens is 494 g/mol. The fourth-order valence-electron chi connectivity index (χ4n) is 7.48. The molecule has 5 nitrogen and oxygen atoms in total. The number of benzene rings is 3. The molecule has 1 amide bonds. The molecule has 5 heteroatoms. The quantitative estimate of drug-likeness (QED) is 0.436. The molecule has 210 valence electrons. The highest BCUT2D eigenvalue weighted by atomic mass is 16.5. The Labute approximate surface area is 239 Å². The van der Waals surface area contributed by atoms with E-state index in [9.17, 15) is 4.79 Å². The third kappa shape index (κ3) is 5.68. The van der Waals surface area contributed by atoms with Gasteiger partial charge < -0.3 is 20.3 Å². The maximum absolute atomic E-state index is 13.6. The molecule has 2 aliphatic heterocycles. The minimum atomic E-state index is -0.278. The van der Waals surface area contributed by atoms with E-state index in [4.69, 9.17) is 4.74 Å². The number of carbonyl (C=O) groups is 1. The van der Waals surface area contributed by atoms with Gasteiger partial charge in [0.2, 0.25) is 5.91 Å². The summed E-state index contributed by atoms with van der Waals surface area (Å²) in [7, 11) is 1.79. The third-order valence-electron chi connectivity index (χ3n) is 9.83. The predicted octanol–water partition coefficient (Wildman–Crippen LogP) is 5.19. The Morgan fingerprint density at radius 1 is 0.925 bits per heavy atom. The summed E-state index contributed by atoms with van der Waals surface area (Å²) >= 11 is 0. The van der Waals surface area contributed by atoms with E-state index in [1.54, 1.807) is 7.11 Å². The van der Waals surface area contributed by atoms with E-state index < -0.39 is 0 Å². The zero-order valence-electron chi connectivity index (χ0n) is 23.9. The van der Waals surface area contributed by atoms with Crippen molar-refractivity contribution >= 4 is 5.91 Å². The van der Waals surface area contributed by atoms with Crippen LogP contribution in [-0.2, 0) is 17.6 Å². The lowest BCUT2D eigenvalue weighted by Crippen LogP contribution is -2.55. The number of ether oxygens (including phenoxy) is 1. The summed E-state index contributed by atoms with van der Waals surface area (Å²) in [5, 5.41) is 7.35. The second-order valence-electron chi connectivity index (χ2n) is 12.1. The molecule has 0 radical (unpaired) electrons. The Hall–Kier alpha value is -3.15. The summed E-state index contributed by atoms with van der Waals surface area (Å²) < 4.78 is 5.71. The number of hydrogen-bond acceptors (Lipinski definition) is 4. The Kier molecular flexibility index (Phi) is 8.22. The van der Waals surface area contributed by atoms with Gasteiger partial charge in [0.15, 0.2) is 0 Å². The number of fused-ring (bicyclic) bond motifs is 2. The summed E-state index contributed by atoms with van der Waals surface area (Å²) in [5.41, 5.74) is 4.96. The first-order chi connectivity index (χ1) is 19.6. The lowest BCUT2D eigenvalue weighted by Gasteiger charge is -2.46. The number of nitrogens with one attached hydrogen (secondary N) is 2. The standard InChI is InChI=1S/C35H43N3O2/c1-24(29-20-28-21-31-27(22-32(28)36-23-29)14-9-15-33(31)40-2)38-18-16-30(17-19-38)37-35(39)34(25-10-5-3-6-11-25)26-12-7-4-8-13-26/h3-15,24,28-30,32,34,36H,16-23H2,1-2H3,(H,37,39)/t24?,28-,29+,32-/m1/s1. The van der Waals surface area contributed by atoms with Crippen LogP contribution in [0.4, 0.5) is 0 Å². The van der Waals surface area contributed by atoms with Crippen molar-refractivity contribution in [3.63, 3.8) is 0 Å². The first-order valence-electron chi connectivity index (χ1n) is 15.1. The summed E-state index contributed by atoms with van der Waals surface area (Å²) in [6.45, 7) is 5.58. The van der Waals surface area contributed by atoms with Crippen molar-refractivity contribution in [3.8, 4) is 5.75 Å². The van der Waals surface area contributed by atoms with Crippen LogP contribution in [-0.4, -0.2) is 55.7 Å². The molecule has 3 aliphatic rings. The molecule has 0 saturated carbocycles. The van der Waals surface area contributed by atoms with Crippen LogP contribution in [0, 0.1) is 11.8 Å². The first kappa shape index (κ1) is 27.0. The fraction of sp³-hybridized carbons (Fsp3) is 0.457. The normalized spacial score (nSPS) is 24.1. The van der Waals surface area contributed by atoms with Crippen LogP contribution >= 0.6 is 0 Å². The van der Waals surface area contributed by atoms with E-state index in [0.29, 0.717) is 23.9 Å². The van der Waals surface area contributed by atoms with Gasteiger partial charge in [-0.15, -0.1) is 0 Å². The highest BCUT2D eigenvalue weighted by Gasteiger charge is 2.38. The summed E-state index contributed by atoms with van der Waals surface area (Å²) in [4.78, 5) is 16.3. The van der Waals surface area contributed by atoms with Crippen LogP contribution in [0.15, 0.2) is 78.9 Å². The van der Waals surface area contributed by atoms with Gasteiger partial charge in [-0.2, -0.15) is 0 Å². The highest BCUT2D eigenvalue weighted by molar-refractivity contribution is 5.87. The van der Waals surface area contributed by atoms with Crippen LogP contribution in [0.5, 0.6) is 5.75 Å². The van der Waals surface area contributed by atoms with Crippen LogP contribution < -0.4 is 15.4 Å². The molecule has 40 heavy (non-hydrogen) atoms. The zero-order chi connectivity index (χ0) is 27.5. The van der Waals surface area contributed by atoms with Crippen LogP contribution in [0.2, 0.25) is 0 Å². The third-order valence-corrected chi connectivity index (χ3v) is 9.83. The number of likely N-dealkylation sites (tertiary alicyclic amines) is 1. The summed E-state index contributed by atoms with van der Waals surface area (Å²) in [5.74, 6) is 2.19. The Balaban J connectivity index is 1.05. The Bertz CT molecular complexity index is 1230. The lowest BCUT2D eigenvalue weighted by atomic mass is 9.72. The van der Waals surface area contributed by atoms with Crippen molar-refractivity contribution in [2.75, 3.05) is 26.7 Å². The molecule has 3 aromatic rings. The van der Waals surface area contributed by atoms with Gasteiger partial charge in [0.25, 0.3) is 0 Å². The van der Waals surface area contributed by atoms with Gasteiger partial charge in [0, 0.05) is 31.2 Å². The van der Waals surface area contributed by atoms with Gasteiger partial charge in [0.1, 0.15) is 5.75 Å². The smallest absolute Gasteiger partial charge is 0.232 e. The highest BCUT2D eigenvalue weighted by Crippen LogP contribution is 2.38. The molecule has 1 unspecified atom stereocenters. The van der Waals surface area contributed by atoms with E-state index in [-0.39, 0.29) is 17.9 Å². The van der Waals surface area contributed by atoms with Crippen LogP contribution in [0.3, 0.4) is 0 Å². The van der Waals surface area contributed by atoms with Gasteiger partial charge in [-0.1, -0.05) is 72.8 Å². The van der Waals surface area contributed by atoms with Gasteiger partial charge in [-0.3, -0.25) is 4.79 Å². The summed E-state index contributed by atoms with van der Waals surface area (Å²) in [6, 6.07) is 28.2. The van der Waals surface area contributed by atoms with Crippen molar-refractivity contribution in [2.45, 2.75) is 63.1 Å². The molecule has 1 aliphatic carbocycles. The molecule has 6 rings (SSSR count). The molecule has 0 aromatic heterocycles. The largest absolute Gasteiger partial charge is 0.496 e. The van der Waals surface area contributed by atoms with Crippen molar-refractivity contribution in [3.05, 3.63) is 101 Å². The number of amides is 1. The average Bonchev–Trinajstić information content (AvgIpc) is 3.00. The predicted molar refractivity (Wildman–Crippen MR) is 161 cm³/mol. The Morgan fingerprint density at radius 3 is 2.25 bits per heavy atom. The second kappa shape index (κ2) is 12.2. The van der Waals surface area contributed by atoms with E-state index >= 15 is 0 Å². The zero-order valence-corrected chi connectivity index (χ0v) is 23.9. The lowest BCUT2D eigenvalue weighted by molar-refractivity contribution is -0.122. The molecule has 2 fully saturated rings. The van der Waals surface area contributed by atoms with Crippen molar-refractivity contribution in [1.29, 1.82) is 0 Å². The van der Waals surface area contributed by atoms with Crippen molar-refractivity contribution in [2.24, 2.45) is 11.8 Å². The molecule has 3 aromatic carbocycles. The van der Waals surface area contributed by atoms with Crippen molar-refractivity contribution in [1.82, 2.24) is 15.5 Å². The number of hydrogen-bond donors (Lipinski definition) is 2. The first-order valence-corrected chi connectivity index (χ1v) is 15.1. The van der Waals surface area contributed by atoms with Gasteiger partial charge >= 0.3 is 0 Å². The fourth-order valence-corrected chi connectivity index (χ4v) is 7.48. The molecular formula is C35H43N3O2. The molecule has 0 spiro atoms. The number of nitrogens with zero attached hydrogens (tertiary/aromatic N) is 1. The molecule has 2 N–H and O–H groups in total. The molecule has 0 bridgehead atoms. The van der Waals surface area contributed by atoms with Crippen molar-refractivity contribution < 1.29 is 9.53 Å². The van der Waals surface area contributed by atoms with E-state index in [2.05, 4.69) is 64.9 Å². The monoisotopic (exact) mass is 537 g/mol. The van der Waals surface area contributed by atoms with E-state index in [0.717, 1.165) is 62.2 Å². The maximum atomic E-state index is 13.6. The molecule has 2 heterocycles. The molecule has 4 atom stereocenters. The summed E-state index contributed by atoms with van der Waals surface area (Å²) in [6.07, 6.45) is 5.49. The number of rotatable bonds is 7. The Morgan fingerprint density at radius 2 is 1.60 bits per heavy atom. The van der Waals surface area contributed by atoms with Crippen LogP contribution in [0.1, 0.15) is 54.4 Å². The number of piperidine rings is 2. The molecule has 2 saturated heterocycles. The number of carbonyl (C=O) groups excluding carboxylic acids is 1. The van der Waals surface area contributed by atoms with Gasteiger partial charge in [-0.25, -0.2) is 0 Å². The van der Waals surface area contributed by atoms with Crippen LogP contribution in [0.25, 0.3) is 0 Å². The second-order valence-corrected chi connectivity index (χ2v) is 12.1. The number of methoxy groups -OCH3 is 1. The van der Waals surface area contributed by atoms with E-state index in [1.807, 2.05) is 36.4 Å². The van der Waals surface area contributed by atoms with Gasteiger partial charge in [-0.05, 0) is 85.7 Å². The minimum absolute atomic E-state index is 0.111. The minimum Gasteiger partial charge on any atom is -0.496 e. The topological polar surface area (TPSA) is 53.6 Å². The average molecular weight is 538 g/mol.